The number of thiophene rings is 1. The van der Waals surface area contributed by atoms with Crippen molar-refractivity contribution in [1.82, 2.24) is 10.2 Å². The van der Waals surface area contributed by atoms with E-state index in [1.165, 1.54) is 49.9 Å². The Morgan fingerprint density at radius 1 is 1.10 bits per heavy atom. The smallest absolute Gasteiger partial charge is 0.224 e. The van der Waals surface area contributed by atoms with E-state index in [1.807, 2.05) is 35.6 Å². The molecule has 0 radical (unpaired) electrons. The van der Waals surface area contributed by atoms with E-state index in [4.69, 9.17) is 4.74 Å². The lowest BCUT2D eigenvalue weighted by atomic mass is 9.98. The number of nitrogens with zero attached hydrogens (tertiary/aromatic N) is 1. The summed E-state index contributed by atoms with van der Waals surface area (Å²) in [5.74, 6) is 2.30. The summed E-state index contributed by atoms with van der Waals surface area (Å²) in [7, 11) is 1.65. The van der Waals surface area contributed by atoms with Crippen LogP contribution in [0.25, 0.3) is 0 Å². The monoisotopic (exact) mass is 426 g/mol. The van der Waals surface area contributed by atoms with E-state index in [0.29, 0.717) is 12.3 Å². The first-order chi connectivity index (χ1) is 14.7. The number of carbonyl (C=O) groups excluding carboxylic acids is 1. The number of ether oxygens (including phenoxy) is 1. The molecular formula is C25H34N2O2S. The zero-order chi connectivity index (χ0) is 20.8. The highest BCUT2D eigenvalue weighted by molar-refractivity contribution is 7.12. The van der Waals surface area contributed by atoms with Gasteiger partial charge in [0.15, 0.2) is 0 Å². The third kappa shape index (κ3) is 5.86. The van der Waals surface area contributed by atoms with Crippen molar-refractivity contribution < 1.29 is 9.53 Å². The molecule has 30 heavy (non-hydrogen) atoms. The van der Waals surface area contributed by atoms with Gasteiger partial charge in [-0.15, -0.1) is 11.3 Å². The van der Waals surface area contributed by atoms with Gasteiger partial charge in [0.1, 0.15) is 5.75 Å². The lowest BCUT2D eigenvalue weighted by molar-refractivity contribution is -0.120. The van der Waals surface area contributed by atoms with Crippen molar-refractivity contribution in [1.29, 1.82) is 0 Å². The highest BCUT2D eigenvalue weighted by Gasteiger charge is 2.22. The molecule has 162 valence electrons. The third-order valence-electron chi connectivity index (χ3n) is 6.53. The summed E-state index contributed by atoms with van der Waals surface area (Å²) < 4.78 is 5.18. The Morgan fingerprint density at radius 3 is 2.67 bits per heavy atom. The molecule has 1 amide bonds. The van der Waals surface area contributed by atoms with E-state index in [0.717, 1.165) is 36.9 Å². The number of methoxy groups -OCH3 is 1. The van der Waals surface area contributed by atoms with Crippen LogP contribution >= 0.6 is 11.3 Å². The molecule has 0 bridgehead atoms. The van der Waals surface area contributed by atoms with Crippen LogP contribution in [0.1, 0.15) is 59.8 Å². The minimum atomic E-state index is 0.108. The number of likely N-dealkylation sites (tertiary alicyclic amines) is 1. The van der Waals surface area contributed by atoms with Gasteiger partial charge in [-0.3, -0.25) is 9.69 Å². The van der Waals surface area contributed by atoms with E-state index < -0.39 is 0 Å². The van der Waals surface area contributed by atoms with Gasteiger partial charge in [-0.05, 0) is 73.9 Å². The van der Waals surface area contributed by atoms with Crippen LogP contribution in [0.5, 0.6) is 5.75 Å². The van der Waals surface area contributed by atoms with Crippen molar-refractivity contribution >= 4 is 17.2 Å². The number of benzene rings is 1. The highest BCUT2D eigenvalue weighted by Crippen LogP contribution is 2.38. The SMILES string of the molecule is COc1ccc(CC(=O)NCC2CCCN(Cc3ccc(C4CCCC4)s3)C2)cc1. The van der Waals surface area contributed by atoms with Crippen LogP contribution in [0.4, 0.5) is 0 Å². The molecule has 1 unspecified atom stereocenters. The maximum absolute atomic E-state index is 12.4. The fourth-order valence-corrected chi connectivity index (χ4v) is 6.06. The van der Waals surface area contributed by atoms with Gasteiger partial charge in [-0.2, -0.15) is 0 Å². The van der Waals surface area contributed by atoms with E-state index in [-0.39, 0.29) is 5.91 Å². The summed E-state index contributed by atoms with van der Waals surface area (Å²) in [5, 5.41) is 3.16. The van der Waals surface area contributed by atoms with Crippen molar-refractivity contribution in [3.05, 3.63) is 51.7 Å². The minimum Gasteiger partial charge on any atom is -0.497 e. The van der Waals surface area contributed by atoms with Gasteiger partial charge < -0.3 is 10.1 Å². The lowest BCUT2D eigenvalue weighted by Gasteiger charge is -2.32. The number of amides is 1. The van der Waals surface area contributed by atoms with Crippen LogP contribution in [-0.2, 0) is 17.8 Å². The maximum atomic E-state index is 12.4. The predicted molar refractivity (Wildman–Crippen MR) is 123 cm³/mol. The lowest BCUT2D eigenvalue weighted by Crippen LogP contribution is -2.40. The number of piperidine rings is 1. The molecule has 2 aliphatic rings. The van der Waals surface area contributed by atoms with E-state index in [1.54, 1.807) is 12.0 Å². The third-order valence-corrected chi connectivity index (χ3v) is 7.77. The molecule has 1 aliphatic carbocycles. The Bertz CT molecular complexity index is 811. The standard InChI is InChI=1S/C25H34N2O2S/c1-29-22-10-8-19(9-11-22)15-25(28)26-16-20-5-4-14-27(17-20)18-23-12-13-24(30-23)21-6-2-3-7-21/h8-13,20-21H,2-7,14-18H2,1H3,(H,26,28). The molecule has 1 aromatic heterocycles. The molecule has 1 aliphatic heterocycles. The Balaban J connectivity index is 1.21. The quantitative estimate of drug-likeness (QED) is 0.647. The molecule has 2 heterocycles. The largest absolute Gasteiger partial charge is 0.497 e. The van der Waals surface area contributed by atoms with Crippen molar-refractivity contribution in [2.75, 3.05) is 26.7 Å². The zero-order valence-electron chi connectivity index (χ0n) is 18.1. The number of carbonyl (C=O) groups is 1. The van der Waals surface area contributed by atoms with Gasteiger partial charge in [0.05, 0.1) is 13.5 Å². The van der Waals surface area contributed by atoms with Gasteiger partial charge in [0, 0.05) is 29.4 Å². The number of rotatable bonds is 8. The molecule has 4 nitrogen and oxygen atoms in total. The second-order valence-electron chi connectivity index (χ2n) is 8.86. The Hall–Kier alpha value is -1.85. The van der Waals surface area contributed by atoms with E-state index >= 15 is 0 Å². The zero-order valence-corrected chi connectivity index (χ0v) is 18.9. The first-order valence-electron chi connectivity index (χ1n) is 11.4. The number of nitrogens with one attached hydrogen (secondary N) is 1. The van der Waals surface area contributed by atoms with Crippen LogP contribution in [0.15, 0.2) is 36.4 Å². The van der Waals surface area contributed by atoms with Crippen molar-refractivity contribution in [2.45, 2.75) is 57.4 Å². The fourth-order valence-electron chi connectivity index (χ4n) is 4.84. The summed E-state index contributed by atoms with van der Waals surface area (Å²) in [6.07, 6.45) is 8.41. The van der Waals surface area contributed by atoms with Gasteiger partial charge in [0.25, 0.3) is 0 Å². The van der Waals surface area contributed by atoms with Crippen LogP contribution < -0.4 is 10.1 Å². The van der Waals surface area contributed by atoms with Gasteiger partial charge in [-0.1, -0.05) is 25.0 Å². The van der Waals surface area contributed by atoms with Gasteiger partial charge in [-0.25, -0.2) is 0 Å². The molecular weight excluding hydrogens is 392 g/mol. The van der Waals surface area contributed by atoms with Crippen LogP contribution in [0.2, 0.25) is 0 Å². The van der Waals surface area contributed by atoms with Crippen LogP contribution in [0, 0.1) is 5.92 Å². The molecule has 1 aromatic carbocycles. The first kappa shape index (κ1) is 21.4. The second-order valence-corrected chi connectivity index (χ2v) is 10.1. The van der Waals surface area contributed by atoms with Crippen molar-refractivity contribution in [3.63, 3.8) is 0 Å². The summed E-state index contributed by atoms with van der Waals surface area (Å²) in [6.45, 7) is 4.10. The molecule has 1 saturated heterocycles. The maximum Gasteiger partial charge on any atom is 0.224 e. The second kappa shape index (κ2) is 10.5. The van der Waals surface area contributed by atoms with Crippen molar-refractivity contribution in [2.24, 2.45) is 5.92 Å². The van der Waals surface area contributed by atoms with Gasteiger partial charge in [0.2, 0.25) is 5.91 Å². The Kier molecular flexibility index (Phi) is 7.45. The summed E-state index contributed by atoms with van der Waals surface area (Å²) in [4.78, 5) is 18.0. The number of hydrogen-bond donors (Lipinski definition) is 1. The summed E-state index contributed by atoms with van der Waals surface area (Å²) >= 11 is 2.03. The highest BCUT2D eigenvalue weighted by atomic mass is 32.1. The number of hydrogen-bond acceptors (Lipinski definition) is 4. The minimum absolute atomic E-state index is 0.108. The summed E-state index contributed by atoms with van der Waals surface area (Å²) in [6, 6.07) is 12.5. The van der Waals surface area contributed by atoms with Crippen LogP contribution in [-0.4, -0.2) is 37.6 Å². The molecule has 0 spiro atoms. The molecule has 2 fully saturated rings. The predicted octanol–water partition coefficient (Wildman–Crippen LogP) is 4.99. The Morgan fingerprint density at radius 2 is 1.90 bits per heavy atom. The average Bonchev–Trinajstić information content (AvgIpc) is 3.45. The van der Waals surface area contributed by atoms with Crippen molar-refractivity contribution in [3.8, 4) is 5.75 Å². The molecule has 5 heteroatoms. The van der Waals surface area contributed by atoms with E-state index in [9.17, 15) is 4.79 Å². The Labute approximate surface area is 184 Å². The van der Waals surface area contributed by atoms with Gasteiger partial charge >= 0.3 is 0 Å². The molecule has 1 N–H and O–H groups in total. The topological polar surface area (TPSA) is 41.6 Å². The van der Waals surface area contributed by atoms with E-state index in [2.05, 4.69) is 22.3 Å². The molecule has 1 atom stereocenters. The normalized spacial score (nSPS) is 20.4. The van der Waals surface area contributed by atoms with Crippen LogP contribution in [0.3, 0.4) is 0 Å². The molecule has 4 rings (SSSR count). The summed E-state index contributed by atoms with van der Waals surface area (Å²) in [5.41, 5.74) is 1.02. The average molecular weight is 427 g/mol. The molecule has 2 aromatic rings. The fraction of sp³-hybridized carbons (Fsp3) is 0.560. The first-order valence-corrected chi connectivity index (χ1v) is 12.2. The molecule has 1 saturated carbocycles.